The molecular weight excluding hydrogens is 419 g/mol. The van der Waals surface area contributed by atoms with Crippen LogP contribution in [0.2, 0.25) is 0 Å². The maximum Gasteiger partial charge on any atom is 2.00 e. The predicted molar refractivity (Wildman–Crippen MR) is 106 cm³/mol. The van der Waals surface area contributed by atoms with Crippen molar-refractivity contribution in [1.29, 1.82) is 0 Å². The summed E-state index contributed by atoms with van der Waals surface area (Å²) in [5, 5.41) is 0. The summed E-state index contributed by atoms with van der Waals surface area (Å²) in [5.41, 5.74) is -2.16. The van der Waals surface area contributed by atoms with Crippen LogP contribution >= 0.6 is 0 Å². The number of Topliss-reactive ketones (excluding diaryl/α,β-unsaturated/α-hetero) is 4. The molecular formula is C22H38O4Zr. The molecule has 0 saturated heterocycles. The summed E-state index contributed by atoms with van der Waals surface area (Å²) in [6, 6.07) is 0. The summed E-state index contributed by atoms with van der Waals surface area (Å²) in [5.74, 6) is -0.219. The normalized spacial score (nSPS) is 12.3. The summed E-state index contributed by atoms with van der Waals surface area (Å²) in [4.78, 5) is 45.8. The minimum Gasteiger partial charge on any atom is -0.331 e. The van der Waals surface area contributed by atoms with Gasteiger partial charge in [-0.3, -0.25) is 9.59 Å². The minimum atomic E-state index is -0.652. The first-order valence-electron chi connectivity index (χ1n) is 8.94. The molecule has 27 heavy (non-hydrogen) atoms. The van der Waals surface area contributed by atoms with Gasteiger partial charge in [-0.25, -0.2) is 0 Å². The van der Waals surface area contributed by atoms with Gasteiger partial charge < -0.3 is 23.4 Å². The summed E-state index contributed by atoms with van der Waals surface area (Å²) >= 11 is 0. The van der Waals surface area contributed by atoms with Crippen molar-refractivity contribution < 1.29 is 45.4 Å². The van der Waals surface area contributed by atoms with Gasteiger partial charge in [0, 0.05) is 10.8 Å². The molecule has 5 heteroatoms. The van der Waals surface area contributed by atoms with Gasteiger partial charge in [-0.15, -0.1) is 10.8 Å². The van der Waals surface area contributed by atoms with Crippen LogP contribution in [0.3, 0.4) is 0 Å². The van der Waals surface area contributed by atoms with Crippen LogP contribution in [0.5, 0.6) is 0 Å². The first-order valence-corrected chi connectivity index (χ1v) is 8.94. The number of ketones is 4. The molecule has 0 spiro atoms. The summed E-state index contributed by atoms with van der Waals surface area (Å²) in [6.45, 7) is 25.2. The van der Waals surface area contributed by atoms with E-state index in [-0.39, 0.29) is 62.2 Å². The van der Waals surface area contributed by atoms with Gasteiger partial charge in [0.15, 0.2) is 0 Å². The van der Waals surface area contributed by atoms with Gasteiger partial charge in [0.1, 0.15) is 23.1 Å². The van der Waals surface area contributed by atoms with Gasteiger partial charge in [0.05, 0.1) is 12.8 Å². The van der Waals surface area contributed by atoms with Gasteiger partial charge in [-0.05, 0) is 0 Å². The van der Waals surface area contributed by atoms with E-state index < -0.39 is 21.7 Å². The van der Waals surface area contributed by atoms with Crippen LogP contribution in [-0.2, 0) is 45.4 Å². The smallest absolute Gasteiger partial charge is 0.331 e. The van der Waals surface area contributed by atoms with Gasteiger partial charge >= 0.3 is 26.2 Å². The third-order valence-corrected chi connectivity index (χ3v) is 3.82. The Morgan fingerprint density at radius 1 is 0.519 bits per heavy atom. The number of carbonyl (C=O) groups is 4. The van der Waals surface area contributed by atoms with E-state index in [1.165, 1.54) is 0 Å². The Morgan fingerprint density at radius 2 is 0.704 bits per heavy atom. The Morgan fingerprint density at radius 3 is 0.815 bits per heavy atom. The number of hydrogen-bond donors (Lipinski definition) is 0. The van der Waals surface area contributed by atoms with Crippen LogP contribution in [0.4, 0.5) is 0 Å². The van der Waals surface area contributed by atoms with E-state index in [0.29, 0.717) is 0 Å². The molecule has 0 aromatic carbocycles. The molecule has 0 N–H and O–H groups in total. The van der Waals surface area contributed by atoms with E-state index in [4.69, 9.17) is 0 Å². The Kier molecular flexibility index (Phi) is 12.7. The van der Waals surface area contributed by atoms with E-state index in [1.807, 2.05) is 41.5 Å². The molecule has 0 unspecified atom stereocenters. The zero-order valence-electron chi connectivity index (χ0n) is 19.0. The molecule has 0 aliphatic heterocycles. The van der Waals surface area contributed by atoms with Crippen molar-refractivity contribution in [3.8, 4) is 0 Å². The Balaban J connectivity index is -0.000000411. The van der Waals surface area contributed by atoms with Crippen LogP contribution in [0.1, 0.15) is 82.1 Å². The second kappa shape index (κ2) is 10.9. The Labute approximate surface area is 185 Å². The second-order valence-electron chi connectivity index (χ2n) is 10.3. The molecule has 0 aliphatic rings. The van der Waals surface area contributed by atoms with Crippen LogP contribution in [0.25, 0.3) is 0 Å². The zero-order chi connectivity index (χ0) is 21.7. The van der Waals surface area contributed by atoms with Gasteiger partial charge in [-0.2, -0.15) is 0 Å². The molecule has 0 fully saturated rings. The largest absolute Gasteiger partial charge is 2.00 e. The second-order valence-corrected chi connectivity index (χ2v) is 10.3. The van der Waals surface area contributed by atoms with Crippen molar-refractivity contribution in [1.82, 2.24) is 0 Å². The van der Waals surface area contributed by atoms with Gasteiger partial charge in [0.25, 0.3) is 0 Å². The van der Waals surface area contributed by atoms with Crippen molar-refractivity contribution in [3.05, 3.63) is 13.8 Å². The third kappa shape index (κ3) is 14.2. The Bertz CT molecular complexity index is 435. The first kappa shape index (κ1) is 31.3. The fraction of sp³-hybridized carbons (Fsp3) is 0.727. The molecule has 0 radical (unpaired) electrons. The van der Waals surface area contributed by atoms with E-state index in [0.717, 1.165) is 0 Å². The quantitative estimate of drug-likeness (QED) is 0.423. The molecule has 0 atom stereocenters. The van der Waals surface area contributed by atoms with Crippen LogP contribution in [0.15, 0.2) is 0 Å². The van der Waals surface area contributed by atoms with Gasteiger partial charge in [-0.1, -0.05) is 69.2 Å². The number of carbonyl (C=O) groups excluding carboxylic acids is 4. The SMILES string of the molecule is [CH2-]C(C)(C)C(=O)CC(=O)C(C)(C)C.[CH2-]C(C)(C)C(=O)CC(=O)C(C)(C)C.[Zr+2]. The zero-order valence-corrected chi connectivity index (χ0v) is 21.4. The van der Waals surface area contributed by atoms with Crippen LogP contribution in [0, 0.1) is 35.5 Å². The molecule has 0 aromatic rings. The van der Waals surface area contributed by atoms with Crippen LogP contribution < -0.4 is 0 Å². The fourth-order valence-corrected chi connectivity index (χ4v) is 1.30. The third-order valence-electron chi connectivity index (χ3n) is 3.82. The molecule has 0 heterocycles. The fourth-order valence-electron chi connectivity index (χ4n) is 1.30. The molecule has 0 aliphatic carbocycles. The number of hydrogen-bond acceptors (Lipinski definition) is 4. The molecule has 154 valence electrons. The monoisotopic (exact) mass is 456 g/mol. The molecule has 0 saturated carbocycles. The van der Waals surface area contributed by atoms with E-state index >= 15 is 0 Å². The minimum absolute atomic E-state index is 0. The van der Waals surface area contributed by atoms with E-state index in [9.17, 15) is 19.2 Å². The van der Waals surface area contributed by atoms with E-state index in [2.05, 4.69) is 13.8 Å². The summed E-state index contributed by atoms with van der Waals surface area (Å²) in [7, 11) is 0. The molecule has 0 aromatic heterocycles. The predicted octanol–water partition coefficient (Wildman–Crippen LogP) is 4.84. The van der Waals surface area contributed by atoms with Gasteiger partial charge in [0.2, 0.25) is 0 Å². The summed E-state index contributed by atoms with van der Waals surface area (Å²) < 4.78 is 0. The van der Waals surface area contributed by atoms with E-state index in [1.54, 1.807) is 27.7 Å². The molecule has 0 bridgehead atoms. The first-order chi connectivity index (χ1) is 11.1. The van der Waals surface area contributed by atoms with Crippen LogP contribution in [-0.4, -0.2) is 23.1 Å². The van der Waals surface area contributed by atoms with Crippen molar-refractivity contribution in [2.24, 2.45) is 21.7 Å². The van der Waals surface area contributed by atoms with Crippen molar-refractivity contribution in [2.45, 2.75) is 82.1 Å². The molecule has 0 amide bonds. The van der Waals surface area contributed by atoms with Crippen molar-refractivity contribution >= 4 is 23.1 Å². The average Bonchev–Trinajstić information content (AvgIpc) is 2.34. The molecule has 0 rings (SSSR count). The Hall–Kier alpha value is -0.437. The standard InChI is InChI=1S/2C11H19O2.Zr/c2*1-10(2,3)8(12)7-9(13)11(4,5)6;/h2*1,7H2,2-6H3;/q2*-1;+2. The number of rotatable bonds is 6. The maximum absolute atomic E-state index is 11.5. The molecule has 4 nitrogen and oxygen atoms in total. The van der Waals surface area contributed by atoms with Crippen molar-refractivity contribution in [2.75, 3.05) is 0 Å². The summed E-state index contributed by atoms with van der Waals surface area (Å²) in [6.07, 6.45) is -0.000000000000000444. The maximum atomic E-state index is 11.5. The average molecular weight is 458 g/mol. The van der Waals surface area contributed by atoms with Crippen molar-refractivity contribution in [3.63, 3.8) is 0 Å². The topological polar surface area (TPSA) is 68.3 Å².